The monoisotopic (exact) mass is 572 g/mol. The smallest absolute Gasteiger partial charge is 0.326 e. The average Bonchev–Trinajstić information content (AvgIpc) is 2.84. The molecule has 7 N–H and O–H groups in total. The first-order chi connectivity index (χ1) is 17.7. The molecule has 0 aliphatic carbocycles. The maximum atomic E-state index is 13.5. The van der Waals surface area contributed by atoms with E-state index < -0.39 is 46.8 Å². The summed E-state index contributed by atoms with van der Waals surface area (Å²) in [5.74, 6) is -1.93. The number of anilines is 1. The second kappa shape index (κ2) is 11.9. The number of benzene rings is 1. The molecule has 1 aromatic rings. The number of piperidine rings is 1. The Labute approximate surface area is 222 Å². The number of hydrogen-bond donors (Lipinski definition) is 5. The second-order valence-corrected chi connectivity index (χ2v) is 15.1. The molecule has 0 spiro atoms. The standard InChI is InChI=1S/C23H36N6O7S2/c1-14-8-10-29(18(12-14)22(31)32)21(30)17(6-4-9-26-23(24)25)28-38(35,36)37(33,34)19-7-3-5-16-11-15(2)13-27-20(16)19/h3,5,7,14-15,17-18,27-28H,4,6,8-13H2,1-2H3,(H,31,32)(H4,24,25,26)/t14-,15-,17+,18-/m1/s1. The molecule has 0 aromatic heterocycles. The molecule has 0 radical (unpaired) electrons. The number of carboxylic acid groups (broad SMARTS) is 1. The van der Waals surface area contributed by atoms with E-state index in [1.165, 1.54) is 12.1 Å². The molecule has 4 atom stereocenters. The molecule has 38 heavy (non-hydrogen) atoms. The van der Waals surface area contributed by atoms with E-state index in [0.717, 1.165) is 4.90 Å². The van der Waals surface area contributed by atoms with Crippen molar-refractivity contribution >= 4 is 41.4 Å². The van der Waals surface area contributed by atoms with Crippen LogP contribution in [0.2, 0.25) is 0 Å². The molecule has 1 amide bonds. The lowest BCUT2D eigenvalue weighted by molar-refractivity contribution is -0.153. The van der Waals surface area contributed by atoms with Crippen LogP contribution in [0.15, 0.2) is 28.1 Å². The lowest BCUT2D eigenvalue weighted by atomic mass is 9.91. The zero-order valence-corrected chi connectivity index (χ0v) is 23.1. The van der Waals surface area contributed by atoms with E-state index in [0.29, 0.717) is 24.9 Å². The number of rotatable bonds is 10. The van der Waals surface area contributed by atoms with Crippen molar-refractivity contribution in [3.05, 3.63) is 23.8 Å². The number of guanidine groups is 1. The number of amides is 1. The van der Waals surface area contributed by atoms with E-state index in [2.05, 4.69) is 15.0 Å². The fraction of sp³-hybridized carbons (Fsp3) is 0.609. The summed E-state index contributed by atoms with van der Waals surface area (Å²) in [6, 6.07) is 1.73. The van der Waals surface area contributed by atoms with E-state index in [1.54, 1.807) is 6.07 Å². The third-order valence-electron chi connectivity index (χ3n) is 6.83. The largest absolute Gasteiger partial charge is 0.480 e. The Bertz CT molecular complexity index is 1300. The Morgan fingerprint density at radius 3 is 2.58 bits per heavy atom. The van der Waals surface area contributed by atoms with Crippen LogP contribution in [0, 0.1) is 11.8 Å². The van der Waals surface area contributed by atoms with Gasteiger partial charge in [0.1, 0.15) is 17.0 Å². The van der Waals surface area contributed by atoms with Crippen LogP contribution < -0.4 is 21.5 Å². The number of likely N-dealkylation sites (tertiary alicyclic amines) is 1. The first-order valence-corrected chi connectivity index (χ1v) is 15.9. The highest BCUT2D eigenvalue weighted by Crippen LogP contribution is 2.33. The number of nitrogens with one attached hydrogen (secondary N) is 2. The number of aliphatic imine (C=N–C) groups is 1. The highest BCUT2D eigenvalue weighted by molar-refractivity contribution is 8.66. The van der Waals surface area contributed by atoms with Crippen molar-refractivity contribution in [2.24, 2.45) is 28.3 Å². The highest BCUT2D eigenvalue weighted by Gasteiger charge is 2.42. The van der Waals surface area contributed by atoms with E-state index in [-0.39, 0.29) is 55.8 Å². The molecular weight excluding hydrogens is 536 g/mol. The van der Waals surface area contributed by atoms with Gasteiger partial charge in [-0.1, -0.05) is 26.0 Å². The molecule has 2 aliphatic heterocycles. The van der Waals surface area contributed by atoms with Crippen molar-refractivity contribution in [3.8, 4) is 0 Å². The number of carbonyl (C=O) groups excluding carboxylic acids is 1. The molecule has 1 fully saturated rings. The summed E-state index contributed by atoms with van der Waals surface area (Å²) in [5.41, 5.74) is 11.6. The summed E-state index contributed by atoms with van der Waals surface area (Å²) in [7, 11) is -10.1. The number of carboxylic acids is 1. The number of nitrogens with two attached hydrogens (primary N) is 2. The third kappa shape index (κ3) is 6.56. The Morgan fingerprint density at radius 1 is 1.21 bits per heavy atom. The minimum absolute atomic E-state index is 0.0528. The van der Waals surface area contributed by atoms with Gasteiger partial charge in [0.2, 0.25) is 5.91 Å². The maximum absolute atomic E-state index is 13.5. The second-order valence-electron chi connectivity index (χ2n) is 10.0. The maximum Gasteiger partial charge on any atom is 0.326 e. The molecule has 0 unspecified atom stereocenters. The van der Waals surface area contributed by atoms with E-state index in [9.17, 15) is 31.5 Å². The number of hydrogen-bond acceptors (Lipinski definition) is 8. The lowest BCUT2D eigenvalue weighted by Crippen LogP contribution is -2.57. The van der Waals surface area contributed by atoms with Crippen molar-refractivity contribution in [2.75, 3.05) is 25.0 Å². The summed E-state index contributed by atoms with van der Waals surface area (Å²) in [4.78, 5) is 29.9. The van der Waals surface area contributed by atoms with Crippen LogP contribution in [-0.4, -0.2) is 76.4 Å². The Hall–Kier alpha value is -2.91. The predicted molar refractivity (Wildman–Crippen MR) is 142 cm³/mol. The van der Waals surface area contributed by atoms with Crippen LogP contribution in [0.4, 0.5) is 5.69 Å². The molecular formula is C23H36N6O7S2. The van der Waals surface area contributed by atoms with E-state index in [1.807, 2.05) is 13.8 Å². The first-order valence-electron chi connectivity index (χ1n) is 12.5. The third-order valence-corrected chi connectivity index (χ3v) is 11.4. The zero-order chi connectivity index (χ0) is 28.3. The number of carbonyl (C=O) groups is 2. The highest BCUT2D eigenvalue weighted by atomic mass is 33.2. The first kappa shape index (κ1) is 29.6. The van der Waals surface area contributed by atoms with Gasteiger partial charge in [0.15, 0.2) is 5.96 Å². The molecule has 0 bridgehead atoms. The SMILES string of the molecule is C[C@@H]1CCN(C(=O)[C@H](CCCN=C(N)N)NS(=O)(=O)S(=O)(=O)c2cccc3c2NC[C@H](C)C3)[C@@H](C(=O)O)C1. The van der Waals surface area contributed by atoms with Crippen LogP contribution in [0.5, 0.6) is 0 Å². The van der Waals surface area contributed by atoms with Gasteiger partial charge in [-0.15, -0.1) is 0 Å². The molecule has 2 heterocycles. The van der Waals surface area contributed by atoms with Gasteiger partial charge in [-0.3, -0.25) is 9.79 Å². The van der Waals surface area contributed by atoms with Crippen LogP contribution in [0.3, 0.4) is 0 Å². The van der Waals surface area contributed by atoms with Crippen LogP contribution in [-0.2, 0) is 33.9 Å². The zero-order valence-electron chi connectivity index (χ0n) is 21.5. The summed E-state index contributed by atoms with van der Waals surface area (Å²) in [6.45, 7) is 4.50. The van der Waals surface area contributed by atoms with Crippen molar-refractivity contribution in [3.63, 3.8) is 0 Å². The quantitative estimate of drug-likeness (QED) is 0.110. The van der Waals surface area contributed by atoms with E-state index in [4.69, 9.17) is 11.5 Å². The summed E-state index contributed by atoms with van der Waals surface area (Å²) in [5, 5.41) is 12.7. The van der Waals surface area contributed by atoms with Gasteiger partial charge in [-0.2, -0.15) is 13.1 Å². The Kier molecular flexibility index (Phi) is 9.26. The van der Waals surface area contributed by atoms with Gasteiger partial charge >= 0.3 is 15.0 Å². The van der Waals surface area contributed by atoms with Crippen molar-refractivity contribution in [2.45, 2.75) is 62.9 Å². The fourth-order valence-corrected chi connectivity index (χ4v) is 8.29. The topological polar surface area (TPSA) is 214 Å². The van der Waals surface area contributed by atoms with Crippen LogP contribution in [0.1, 0.15) is 45.1 Å². The molecule has 13 nitrogen and oxygen atoms in total. The molecule has 1 saturated heterocycles. The van der Waals surface area contributed by atoms with Gasteiger partial charge in [-0.05, 0) is 55.6 Å². The number of fused-ring (bicyclic) bond motifs is 1. The number of para-hydroxylation sites is 1. The predicted octanol–water partition coefficient (Wildman–Crippen LogP) is 0.0327. The van der Waals surface area contributed by atoms with E-state index >= 15 is 0 Å². The lowest BCUT2D eigenvalue weighted by Gasteiger charge is -2.38. The van der Waals surface area contributed by atoms with Gasteiger partial charge in [0, 0.05) is 19.6 Å². The summed E-state index contributed by atoms with van der Waals surface area (Å²) in [6.07, 6.45) is 1.30. The number of aliphatic carboxylic acids is 1. The summed E-state index contributed by atoms with van der Waals surface area (Å²) >= 11 is 0. The molecule has 212 valence electrons. The van der Waals surface area contributed by atoms with Gasteiger partial charge < -0.3 is 26.8 Å². The minimum atomic E-state index is -5.14. The van der Waals surface area contributed by atoms with Gasteiger partial charge in [0.05, 0.1) is 5.69 Å². The molecule has 2 aliphatic rings. The molecule has 15 heteroatoms. The molecule has 0 saturated carbocycles. The van der Waals surface area contributed by atoms with Gasteiger partial charge in [-0.25, -0.2) is 13.2 Å². The Morgan fingerprint density at radius 2 is 1.92 bits per heavy atom. The fourth-order valence-electron chi connectivity index (χ4n) is 4.81. The number of nitrogens with zero attached hydrogens (tertiary/aromatic N) is 2. The molecule has 1 aromatic carbocycles. The minimum Gasteiger partial charge on any atom is -0.480 e. The molecule has 3 rings (SSSR count). The van der Waals surface area contributed by atoms with Gasteiger partial charge in [0.25, 0.3) is 8.87 Å². The average molecular weight is 573 g/mol. The van der Waals surface area contributed by atoms with Crippen LogP contribution >= 0.6 is 0 Å². The Balaban J connectivity index is 1.93. The van der Waals surface area contributed by atoms with Crippen molar-refractivity contribution < 1.29 is 31.5 Å². The van der Waals surface area contributed by atoms with Crippen molar-refractivity contribution in [1.82, 2.24) is 9.62 Å². The van der Waals surface area contributed by atoms with Crippen LogP contribution in [0.25, 0.3) is 0 Å². The van der Waals surface area contributed by atoms with Crippen molar-refractivity contribution in [1.29, 1.82) is 0 Å². The normalized spacial score (nSPS) is 22.6. The summed E-state index contributed by atoms with van der Waals surface area (Å²) < 4.78 is 55.5.